The summed E-state index contributed by atoms with van der Waals surface area (Å²) >= 11 is 0. The molecule has 2 aromatic heterocycles. The molecule has 1 aromatic carbocycles. The van der Waals surface area contributed by atoms with Gasteiger partial charge in [0, 0.05) is 29.7 Å². The minimum absolute atomic E-state index is 0.274. The number of nitrogens with one attached hydrogen (secondary N) is 2. The average Bonchev–Trinajstić information content (AvgIpc) is 3.22. The first-order valence-corrected chi connectivity index (χ1v) is 6.84. The molecule has 7 heteroatoms. The predicted molar refractivity (Wildman–Crippen MR) is 79.5 cm³/mol. The summed E-state index contributed by atoms with van der Waals surface area (Å²) in [4.78, 5) is 8.44. The van der Waals surface area contributed by atoms with Crippen molar-refractivity contribution in [3.05, 3.63) is 48.5 Å². The van der Waals surface area contributed by atoms with E-state index in [1.807, 2.05) is 30.3 Å². The van der Waals surface area contributed by atoms with Crippen LogP contribution in [0.15, 0.2) is 42.7 Å². The number of hydrogen-bond donors (Lipinski definition) is 2. The Labute approximate surface area is 126 Å². The fourth-order valence-corrected chi connectivity index (χ4v) is 2.20. The van der Waals surface area contributed by atoms with Crippen molar-refractivity contribution in [3.63, 3.8) is 0 Å². The third kappa shape index (κ3) is 2.44. The highest BCUT2D eigenvalue weighted by Crippen LogP contribution is 2.34. The van der Waals surface area contributed by atoms with Crippen molar-refractivity contribution < 1.29 is 9.47 Å². The Balaban J connectivity index is 1.45. The number of anilines is 1. The summed E-state index contributed by atoms with van der Waals surface area (Å²) in [6, 6.07) is 9.47. The van der Waals surface area contributed by atoms with E-state index >= 15 is 0 Å². The van der Waals surface area contributed by atoms with Gasteiger partial charge in [0.05, 0.1) is 6.54 Å². The minimum atomic E-state index is 0.274. The topological polar surface area (TPSA) is 85.0 Å². The number of pyridine rings is 1. The van der Waals surface area contributed by atoms with Crippen LogP contribution < -0.4 is 14.8 Å². The van der Waals surface area contributed by atoms with E-state index in [9.17, 15) is 0 Å². The highest BCUT2D eigenvalue weighted by Gasteiger charge is 2.13. The van der Waals surface area contributed by atoms with Crippen molar-refractivity contribution in [1.82, 2.24) is 20.2 Å². The largest absolute Gasteiger partial charge is 0.454 e. The lowest BCUT2D eigenvalue weighted by Crippen LogP contribution is -2.01. The van der Waals surface area contributed by atoms with Crippen LogP contribution in [0.5, 0.6) is 11.5 Å². The van der Waals surface area contributed by atoms with Gasteiger partial charge in [-0.2, -0.15) is 5.10 Å². The molecule has 0 saturated carbocycles. The van der Waals surface area contributed by atoms with E-state index in [1.54, 1.807) is 12.4 Å². The maximum Gasteiger partial charge on any atom is 0.231 e. The standard InChI is InChI=1S/C15H13N5O2/c1-2-12-13(22-9-21-12)7-11(1)17-8-14-18-15(20-19-14)10-3-5-16-6-4-10/h1-7,17H,8-9H2,(H,18,19,20). The monoisotopic (exact) mass is 295 g/mol. The molecule has 3 aromatic rings. The smallest absolute Gasteiger partial charge is 0.231 e. The number of aromatic nitrogens is 4. The van der Waals surface area contributed by atoms with Gasteiger partial charge in [-0.25, -0.2) is 4.98 Å². The molecule has 110 valence electrons. The van der Waals surface area contributed by atoms with Gasteiger partial charge in [-0.3, -0.25) is 10.1 Å². The zero-order chi connectivity index (χ0) is 14.8. The number of hydrogen-bond acceptors (Lipinski definition) is 6. The molecule has 1 aliphatic heterocycles. The second-order valence-corrected chi connectivity index (χ2v) is 4.76. The van der Waals surface area contributed by atoms with Gasteiger partial charge in [0.15, 0.2) is 17.3 Å². The highest BCUT2D eigenvalue weighted by molar-refractivity contribution is 5.56. The van der Waals surface area contributed by atoms with Crippen LogP contribution in [0.2, 0.25) is 0 Å². The van der Waals surface area contributed by atoms with Crippen LogP contribution in [-0.2, 0) is 6.54 Å². The molecule has 2 N–H and O–H groups in total. The average molecular weight is 295 g/mol. The molecular weight excluding hydrogens is 282 g/mol. The van der Waals surface area contributed by atoms with Crippen molar-refractivity contribution in [2.24, 2.45) is 0 Å². The van der Waals surface area contributed by atoms with Gasteiger partial charge in [-0.1, -0.05) is 0 Å². The van der Waals surface area contributed by atoms with Gasteiger partial charge >= 0.3 is 0 Å². The Hall–Kier alpha value is -3.09. The maximum atomic E-state index is 5.35. The second-order valence-electron chi connectivity index (χ2n) is 4.76. The molecule has 0 atom stereocenters. The van der Waals surface area contributed by atoms with Crippen molar-refractivity contribution in [2.45, 2.75) is 6.54 Å². The Morgan fingerprint density at radius 2 is 1.95 bits per heavy atom. The van der Waals surface area contributed by atoms with Gasteiger partial charge in [-0.15, -0.1) is 0 Å². The zero-order valence-electron chi connectivity index (χ0n) is 11.6. The summed E-state index contributed by atoms with van der Waals surface area (Å²) in [7, 11) is 0. The predicted octanol–water partition coefficient (Wildman–Crippen LogP) is 2.21. The Bertz CT molecular complexity index is 788. The molecule has 1 aliphatic rings. The second kappa shape index (κ2) is 5.36. The number of fused-ring (bicyclic) bond motifs is 1. The molecule has 0 amide bonds. The first-order chi connectivity index (χ1) is 10.9. The molecule has 3 heterocycles. The van der Waals surface area contributed by atoms with Crippen molar-refractivity contribution in [1.29, 1.82) is 0 Å². The zero-order valence-corrected chi connectivity index (χ0v) is 11.6. The number of benzene rings is 1. The molecule has 0 bridgehead atoms. The molecule has 4 rings (SSSR count). The Kier molecular flexibility index (Phi) is 3.08. The summed E-state index contributed by atoms with van der Waals surface area (Å²) in [5.41, 5.74) is 1.87. The summed E-state index contributed by atoms with van der Waals surface area (Å²) < 4.78 is 10.6. The maximum absolute atomic E-state index is 5.35. The Morgan fingerprint density at radius 1 is 1.09 bits per heavy atom. The minimum Gasteiger partial charge on any atom is -0.454 e. The fourth-order valence-electron chi connectivity index (χ4n) is 2.20. The lowest BCUT2D eigenvalue weighted by Gasteiger charge is -2.04. The summed E-state index contributed by atoms with van der Waals surface area (Å²) in [5, 5.41) is 10.4. The number of H-pyrrole nitrogens is 1. The Morgan fingerprint density at radius 3 is 2.86 bits per heavy atom. The van der Waals surface area contributed by atoms with E-state index in [0.717, 1.165) is 28.6 Å². The van der Waals surface area contributed by atoms with E-state index in [2.05, 4.69) is 25.5 Å². The molecule has 0 saturated heterocycles. The van der Waals surface area contributed by atoms with Gasteiger partial charge in [0.1, 0.15) is 5.82 Å². The van der Waals surface area contributed by atoms with E-state index in [0.29, 0.717) is 12.4 Å². The van der Waals surface area contributed by atoms with Crippen LogP contribution in [0.4, 0.5) is 5.69 Å². The molecule has 0 radical (unpaired) electrons. The van der Waals surface area contributed by atoms with Gasteiger partial charge in [0.25, 0.3) is 0 Å². The summed E-state index contributed by atoms with van der Waals surface area (Å²) in [5.74, 6) is 2.93. The van der Waals surface area contributed by atoms with Crippen LogP contribution in [0, 0.1) is 0 Å². The van der Waals surface area contributed by atoms with Crippen LogP contribution in [0.25, 0.3) is 11.4 Å². The lowest BCUT2D eigenvalue weighted by atomic mass is 10.2. The lowest BCUT2D eigenvalue weighted by molar-refractivity contribution is 0.174. The van der Waals surface area contributed by atoms with Crippen molar-refractivity contribution >= 4 is 5.69 Å². The molecule has 0 unspecified atom stereocenters. The normalized spacial score (nSPS) is 12.4. The van der Waals surface area contributed by atoms with Crippen molar-refractivity contribution in [3.8, 4) is 22.9 Å². The third-order valence-electron chi connectivity index (χ3n) is 3.30. The first kappa shape index (κ1) is 12.6. The molecule has 0 aliphatic carbocycles. The summed E-state index contributed by atoms with van der Waals surface area (Å²) in [6.45, 7) is 0.813. The van der Waals surface area contributed by atoms with Crippen LogP contribution in [-0.4, -0.2) is 27.0 Å². The summed E-state index contributed by atoms with van der Waals surface area (Å²) in [6.07, 6.45) is 3.44. The number of aromatic amines is 1. The number of rotatable bonds is 4. The van der Waals surface area contributed by atoms with E-state index < -0.39 is 0 Å². The van der Waals surface area contributed by atoms with Crippen LogP contribution in [0.1, 0.15) is 5.82 Å². The van der Waals surface area contributed by atoms with E-state index in [4.69, 9.17) is 9.47 Å². The molecule has 0 fully saturated rings. The van der Waals surface area contributed by atoms with Gasteiger partial charge in [0.2, 0.25) is 6.79 Å². The third-order valence-corrected chi connectivity index (χ3v) is 3.30. The van der Waals surface area contributed by atoms with Crippen molar-refractivity contribution in [2.75, 3.05) is 12.1 Å². The number of ether oxygens (including phenoxy) is 2. The quantitative estimate of drug-likeness (QED) is 0.767. The van der Waals surface area contributed by atoms with E-state index in [-0.39, 0.29) is 6.79 Å². The molecular formula is C15H13N5O2. The highest BCUT2D eigenvalue weighted by atomic mass is 16.7. The van der Waals surface area contributed by atoms with Crippen LogP contribution >= 0.6 is 0 Å². The number of nitrogens with zero attached hydrogens (tertiary/aromatic N) is 3. The fraction of sp³-hybridized carbons (Fsp3) is 0.133. The molecule has 22 heavy (non-hydrogen) atoms. The van der Waals surface area contributed by atoms with Gasteiger partial charge < -0.3 is 14.8 Å². The van der Waals surface area contributed by atoms with E-state index in [1.165, 1.54) is 0 Å². The first-order valence-electron chi connectivity index (χ1n) is 6.84. The molecule has 7 nitrogen and oxygen atoms in total. The SMILES string of the molecule is c1cc(-c2n[nH]c(CNc3ccc4c(c3)OCO4)n2)ccn1. The van der Waals surface area contributed by atoms with Gasteiger partial charge in [-0.05, 0) is 24.3 Å². The molecule has 0 spiro atoms. The van der Waals surface area contributed by atoms with Crippen LogP contribution in [0.3, 0.4) is 0 Å².